The van der Waals surface area contributed by atoms with Crippen molar-refractivity contribution in [3.63, 3.8) is 0 Å². The third-order valence-electron chi connectivity index (χ3n) is 1.95. The van der Waals surface area contributed by atoms with E-state index in [-0.39, 0.29) is 6.42 Å². The van der Waals surface area contributed by atoms with E-state index in [4.69, 9.17) is 0 Å². The van der Waals surface area contributed by atoms with E-state index in [0.717, 1.165) is 6.54 Å². The zero-order valence-corrected chi connectivity index (χ0v) is 8.30. The minimum atomic E-state index is -0.831. The van der Waals surface area contributed by atoms with Crippen molar-refractivity contribution in [3.05, 3.63) is 18.0 Å². The van der Waals surface area contributed by atoms with E-state index in [1.807, 2.05) is 6.92 Å². The van der Waals surface area contributed by atoms with Crippen LogP contribution in [-0.4, -0.2) is 28.0 Å². The van der Waals surface area contributed by atoms with Gasteiger partial charge in [0.15, 0.2) is 0 Å². The largest absolute Gasteiger partial charge is 0.469 e. The second kappa shape index (κ2) is 4.76. The summed E-state index contributed by atoms with van der Waals surface area (Å²) in [5, 5.41) is 13.6. The molecule has 0 unspecified atom stereocenters. The summed E-state index contributed by atoms with van der Waals surface area (Å²) >= 11 is 0. The van der Waals surface area contributed by atoms with E-state index in [9.17, 15) is 9.90 Å². The molecule has 1 aromatic heterocycles. The van der Waals surface area contributed by atoms with E-state index in [1.165, 1.54) is 7.11 Å². The molecule has 5 heteroatoms. The molecule has 5 nitrogen and oxygen atoms in total. The molecule has 0 saturated heterocycles. The lowest BCUT2D eigenvalue weighted by molar-refractivity contribution is -0.142. The molecule has 1 atom stereocenters. The van der Waals surface area contributed by atoms with Crippen LogP contribution < -0.4 is 0 Å². The number of carbonyl (C=O) groups excluding carboxylic acids is 1. The van der Waals surface area contributed by atoms with Crippen molar-refractivity contribution in [2.24, 2.45) is 0 Å². The van der Waals surface area contributed by atoms with E-state index in [0.29, 0.717) is 5.56 Å². The summed E-state index contributed by atoms with van der Waals surface area (Å²) in [6.45, 7) is 2.69. The van der Waals surface area contributed by atoms with Gasteiger partial charge in [-0.15, -0.1) is 0 Å². The minimum Gasteiger partial charge on any atom is -0.469 e. The van der Waals surface area contributed by atoms with Crippen molar-refractivity contribution in [2.45, 2.75) is 26.0 Å². The first-order chi connectivity index (χ1) is 6.67. The number of methoxy groups -OCH3 is 1. The Hall–Kier alpha value is -1.36. The first-order valence-corrected chi connectivity index (χ1v) is 4.44. The second-order valence-electron chi connectivity index (χ2n) is 2.93. The number of nitrogens with zero attached hydrogens (tertiary/aromatic N) is 2. The molecule has 0 spiro atoms. The van der Waals surface area contributed by atoms with Gasteiger partial charge >= 0.3 is 5.97 Å². The summed E-state index contributed by atoms with van der Waals surface area (Å²) in [4.78, 5) is 10.9. The summed E-state index contributed by atoms with van der Waals surface area (Å²) in [5.41, 5.74) is 0.636. The molecule has 0 bridgehead atoms. The zero-order chi connectivity index (χ0) is 10.6. The van der Waals surface area contributed by atoms with E-state index in [2.05, 4.69) is 9.84 Å². The van der Waals surface area contributed by atoms with Gasteiger partial charge in [-0.05, 0) is 6.92 Å². The predicted octanol–water partition coefficient (Wildman–Crippen LogP) is 0.499. The van der Waals surface area contributed by atoms with Crippen LogP contribution >= 0.6 is 0 Å². The predicted molar refractivity (Wildman–Crippen MR) is 49.5 cm³/mol. The lowest BCUT2D eigenvalue weighted by Crippen LogP contribution is -2.07. The number of hydrogen-bond donors (Lipinski definition) is 1. The Kier molecular flexibility index (Phi) is 3.64. The lowest BCUT2D eigenvalue weighted by Gasteiger charge is -2.05. The van der Waals surface area contributed by atoms with Crippen LogP contribution in [0, 0.1) is 0 Å². The number of aliphatic hydroxyl groups excluding tert-OH is 1. The molecule has 14 heavy (non-hydrogen) atoms. The Labute approximate surface area is 82.3 Å². The number of rotatable bonds is 4. The average molecular weight is 198 g/mol. The Morgan fingerprint density at radius 3 is 3.00 bits per heavy atom. The molecule has 78 valence electrons. The highest BCUT2D eigenvalue weighted by atomic mass is 16.5. The molecule has 1 heterocycles. The maximum absolute atomic E-state index is 10.9. The number of aliphatic hydroxyl groups is 1. The van der Waals surface area contributed by atoms with Gasteiger partial charge in [-0.25, -0.2) is 0 Å². The van der Waals surface area contributed by atoms with Crippen LogP contribution in [0.25, 0.3) is 0 Å². The molecule has 1 aromatic rings. The third kappa shape index (κ3) is 2.56. The summed E-state index contributed by atoms with van der Waals surface area (Å²) in [6, 6.07) is 0. The molecule has 0 aliphatic carbocycles. The van der Waals surface area contributed by atoms with Crippen molar-refractivity contribution >= 4 is 5.97 Å². The Bertz CT molecular complexity index is 309. The maximum atomic E-state index is 10.9. The Balaban J connectivity index is 2.60. The number of carbonyl (C=O) groups is 1. The fraction of sp³-hybridized carbons (Fsp3) is 0.556. The van der Waals surface area contributed by atoms with Crippen LogP contribution in [0.4, 0.5) is 0 Å². The molecular formula is C9H14N2O3. The number of aromatic nitrogens is 2. The van der Waals surface area contributed by atoms with E-state index < -0.39 is 12.1 Å². The van der Waals surface area contributed by atoms with Crippen LogP contribution in [-0.2, 0) is 16.1 Å². The van der Waals surface area contributed by atoms with Gasteiger partial charge in [-0.2, -0.15) is 5.10 Å². The Morgan fingerprint density at radius 1 is 1.79 bits per heavy atom. The molecule has 0 saturated carbocycles. The summed E-state index contributed by atoms with van der Waals surface area (Å²) in [7, 11) is 1.30. The standard InChI is InChI=1S/C9H14N2O3/c1-3-11-6-7(5-10-11)8(12)4-9(13)14-2/h5-6,8,12H,3-4H2,1-2H3/t8-/m0/s1. The second-order valence-corrected chi connectivity index (χ2v) is 2.93. The highest BCUT2D eigenvalue weighted by Gasteiger charge is 2.14. The van der Waals surface area contributed by atoms with Gasteiger partial charge in [-0.1, -0.05) is 0 Å². The number of aryl methyl sites for hydroxylation is 1. The van der Waals surface area contributed by atoms with Crippen molar-refractivity contribution in [3.8, 4) is 0 Å². The molecule has 1 N–H and O–H groups in total. The topological polar surface area (TPSA) is 64.4 Å². The molecule has 1 rings (SSSR count). The highest BCUT2D eigenvalue weighted by Crippen LogP contribution is 2.15. The van der Waals surface area contributed by atoms with Crippen molar-refractivity contribution < 1.29 is 14.6 Å². The first-order valence-electron chi connectivity index (χ1n) is 4.44. The van der Waals surface area contributed by atoms with Crippen LogP contribution in [0.1, 0.15) is 25.0 Å². The molecule has 0 aliphatic heterocycles. The molecule has 0 fully saturated rings. The average Bonchev–Trinajstić information content (AvgIpc) is 2.65. The fourth-order valence-electron chi connectivity index (χ4n) is 1.08. The summed E-state index contributed by atoms with van der Waals surface area (Å²) < 4.78 is 6.14. The van der Waals surface area contributed by atoms with Gasteiger partial charge in [0.2, 0.25) is 0 Å². The van der Waals surface area contributed by atoms with Crippen LogP contribution in [0.3, 0.4) is 0 Å². The van der Waals surface area contributed by atoms with Crippen molar-refractivity contribution in [1.29, 1.82) is 0 Å². The van der Waals surface area contributed by atoms with E-state index in [1.54, 1.807) is 17.1 Å². The number of hydrogen-bond acceptors (Lipinski definition) is 4. The van der Waals surface area contributed by atoms with Crippen LogP contribution in [0.2, 0.25) is 0 Å². The zero-order valence-electron chi connectivity index (χ0n) is 8.30. The monoisotopic (exact) mass is 198 g/mol. The quantitative estimate of drug-likeness (QED) is 0.715. The van der Waals surface area contributed by atoms with Crippen molar-refractivity contribution in [1.82, 2.24) is 9.78 Å². The maximum Gasteiger partial charge on any atom is 0.308 e. The Morgan fingerprint density at radius 2 is 2.50 bits per heavy atom. The van der Waals surface area contributed by atoms with Gasteiger partial charge in [0.25, 0.3) is 0 Å². The molecule has 0 aromatic carbocycles. The smallest absolute Gasteiger partial charge is 0.308 e. The van der Waals surface area contributed by atoms with E-state index >= 15 is 0 Å². The van der Waals surface area contributed by atoms with Crippen LogP contribution in [0.15, 0.2) is 12.4 Å². The molecule has 0 aliphatic rings. The third-order valence-corrected chi connectivity index (χ3v) is 1.95. The molecular weight excluding hydrogens is 184 g/mol. The fourth-order valence-corrected chi connectivity index (χ4v) is 1.08. The summed E-state index contributed by atoms with van der Waals surface area (Å²) in [6.07, 6.45) is 2.40. The van der Waals surface area contributed by atoms with Gasteiger partial charge in [-0.3, -0.25) is 9.48 Å². The SMILES string of the molecule is CCn1cc([C@@H](O)CC(=O)OC)cn1. The van der Waals surface area contributed by atoms with Gasteiger partial charge in [0, 0.05) is 18.3 Å². The molecule has 0 amide bonds. The highest BCUT2D eigenvalue weighted by molar-refractivity contribution is 5.69. The van der Waals surface area contributed by atoms with Gasteiger partial charge < -0.3 is 9.84 Å². The first kappa shape index (κ1) is 10.7. The van der Waals surface area contributed by atoms with Gasteiger partial charge in [0.05, 0.1) is 25.8 Å². The normalized spacial score (nSPS) is 12.5. The molecule has 0 radical (unpaired) electrons. The number of esters is 1. The van der Waals surface area contributed by atoms with Crippen molar-refractivity contribution in [2.75, 3.05) is 7.11 Å². The lowest BCUT2D eigenvalue weighted by atomic mass is 10.1. The number of ether oxygens (including phenoxy) is 1. The summed E-state index contributed by atoms with van der Waals surface area (Å²) in [5.74, 6) is -0.429. The van der Waals surface area contributed by atoms with Crippen LogP contribution in [0.5, 0.6) is 0 Å². The minimum absolute atomic E-state index is 0.0358. The van der Waals surface area contributed by atoms with Gasteiger partial charge in [0.1, 0.15) is 0 Å².